The van der Waals surface area contributed by atoms with Gasteiger partial charge in [0.15, 0.2) is 0 Å². The molecule has 1 N–H and O–H groups in total. The molecule has 236 valence electrons. The molecule has 2 aliphatic rings. The maximum absolute atomic E-state index is 13.3. The molecule has 1 saturated carbocycles. The lowest BCUT2D eigenvalue weighted by Crippen LogP contribution is -2.39. The highest BCUT2D eigenvalue weighted by Crippen LogP contribution is 2.38. The highest BCUT2D eigenvalue weighted by molar-refractivity contribution is 7.16. The molecular formula is C31H34ClF3N4O4S. The van der Waals surface area contributed by atoms with Crippen molar-refractivity contribution in [3.8, 4) is 5.75 Å². The Morgan fingerprint density at radius 2 is 1.84 bits per heavy atom. The van der Waals surface area contributed by atoms with E-state index in [9.17, 15) is 28.1 Å². The minimum absolute atomic E-state index is 0.0158. The van der Waals surface area contributed by atoms with Crippen LogP contribution in [-0.4, -0.2) is 45.9 Å². The van der Waals surface area contributed by atoms with E-state index in [4.69, 9.17) is 16.3 Å². The summed E-state index contributed by atoms with van der Waals surface area (Å²) < 4.78 is 46.9. The van der Waals surface area contributed by atoms with Gasteiger partial charge in [-0.3, -0.25) is 19.9 Å². The summed E-state index contributed by atoms with van der Waals surface area (Å²) in [5.74, 6) is 1.44. The van der Waals surface area contributed by atoms with Crippen LogP contribution in [0.3, 0.4) is 0 Å². The molecule has 0 unspecified atom stereocenters. The van der Waals surface area contributed by atoms with E-state index in [1.807, 2.05) is 29.2 Å². The molecule has 2 aromatic heterocycles. The number of halogens is 4. The number of hydrogen-bond donors (Lipinski definition) is 1. The number of alkyl halides is 3. The molecule has 5 rings (SSSR count). The maximum atomic E-state index is 13.3. The number of amides is 1. The van der Waals surface area contributed by atoms with E-state index < -0.39 is 22.4 Å². The first-order valence-electron chi connectivity index (χ1n) is 14.8. The number of aryl methyl sites for hydroxylation is 1. The Hall–Kier alpha value is -3.38. The van der Waals surface area contributed by atoms with Crippen molar-refractivity contribution in [2.24, 2.45) is 5.92 Å². The van der Waals surface area contributed by atoms with Gasteiger partial charge in [-0.2, -0.15) is 13.2 Å². The number of nitrogens with zero attached hydrogens (tertiary/aromatic N) is 3. The Balaban J connectivity index is 1.04. The number of aromatic nitrogens is 1. The molecule has 3 heterocycles. The average molecular weight is 651 g/mol. The minimum atomic E-state index is -4.81. The molecule has 1 amide bonds. The van der Waals surface area contributed by atoms with Crippen LogP contribution in [0.1, 0.15) is 61.1 Å². The number of nitro benzene ring substituents is 1. The monoisotopic (exact) mass is 650 g/mol. The molecular weight excluding hydrogens is 617 g/mol. The van der Waals surface area contributed by atoms with E-state index in [1.54, 1.807) is 6.20 Å². The number of nitrogens with one attached hydrogen (secondary N) is 1. The number of thiophene rings is 1. The van der Waals surface area contributed by atoms with Crippen molar-refractivity contribution in [3.05, 3.63) is 79.2 Å². The van der Waals surface area contributed by atoms with Crippen LogP contribution in [0.4, 0.5) is 24.5 Å². The lowest BCUT2D eigenvalue weighted by atomic mass is 9.91. The highest BCUT2D eigenvalue weighted by atomic mass is 35.5. The molecule has 1 saturated heterocycles. The van der Waals surface area contributed by atoms with Gasteiger partial charge in [0, 0.05) is 53.7 Å². The fraction of sp³-hybridized carbons (Fsp3) is 0.484. The number of benzene rings is 1. The number of piperidine rings is 1. The van der Waals surface area contributed by atoms with Crippen molar-refractivity contribution in [3.63, 3.8) is 0 Å². The summed E-state index contributed by atoms with van der Waals surface area (Å²) in [5, 5.41) is 14.1. The van der Waals surface area contributed by atoms with Gasteiger partial charge in [0.05, 0.1) is 21.8 Å². The maximum Gasteiger partial charge on any atom is 0.423 e. The summed E-state index contributed by atoms with van der Waals surface area (Å²) in [6, 6.07) is 10.5. The van der Waals surface area contributed by atoms with Crippen molar-refractivity contribution < 1.29 is 27.6 Å². The Labute approximate surface area is 262 Å². The average Bonchev–Trinajstić information content (AvgIpc) is 3.41. The van der Waals surface area contributed by atoms with Crippen LogP contribution in [0, 0.1) is 16.0 Å². The van der Waals surface area contributed by atoms with Crippen molar-refractivity contribution >= 4 is 40.2 Å². The third-order valence-electron chi connectivity index (χ3n) is 8.36. The van der Waals surface area contributed by atoms with Gasteiger partial charge in [-0.1, -0.05) is 11.6 Å². The van der Waals surface area contributed by atoms with Gasteiger partial charge >= 0.3 is 6.18 Å². The second kappa shape index (κ2) is 14.2. The Bertz CT molecular complexity index is 1450. The first-order chi connectivity index (χ1) is 21.0. The fourth-order valence-corrected chi connectivity index (χ4v) is 7.04. The summed E-state index contributed by atoms with van der Waals surface area (Å²) in [6.07, 6.45) is 3.95. The third kappa shape index (κ3) is 8.62. The third-order valence-corrected chi connectivity index (χ3v) is 9.60. The van der Waals surface area contributed by atoms with Crippen molar-refractivity contribution in [2.45, 2.75) is 76.1 Å². The number of hydrogen-bond acceptors (Lipinski definition) is 7. The minimum Gasteiger partial charge on any atom is -0.490 e. The number of pyridine rings is 1. The van der Waals surface area contributed by atoms with Crippen LogP contribution < -0.4 is 10.1 Å². The van der Waals surface area contributed by atoms with Crippen molar-refractivity contribution in [1.82, 2.24) is 9.88 Å². The van der Waals surface area contributed by atoms with Crippen molar-refractivity contribution in [2.75, 3.05) is 18.4 Å². The molecule has 1 aromatic carbocycles. The van der Waals surface area contributed by atoms with Crippen LogP contribution in [0.15, 0.2) is 48.7 Å². The standard InChI is InChI=1S/C31H34ClF3N4O4S/c32-29-10-8-26(44-29)19-30(40)38-15-12-20(13-16-38)1-2-22-17-25(11-14-36-22)43-24-6-3-21(4-7-24)37-23-5-9-28(39(41)42)27(18-23)31(33,34)35/h5,8-11,14,17-18,20-21,24,37H,1-4,6-7,12-13,15-16,19H2. The zero-order valence-corrected chi connectivity index (χ0v) is 25.6. The van der Waals surface area contributed by atoms with Gasteiger partial charge in [0.1, 0.15) is 11.3 Å². The molecule has 0 bridgehead atoms. The molecule has 1 aliphatic heterocycles. The SMILES string of the molecule is O=C(Cc1ccc(Cl)s1)N1CCC(CCc2cc(OC3CCC(Nc4ccc([N+](=O)[O-])c(C(F)(F)F)c4)CC3)ccn2)CC1. The van der Waals surface area contributed by atoms with E-state index in [0.717, 1.165) is 80.1 Å². The predicted molar refractivity (Wildman–Crippen MR) is 163 cm³/mol. The lowest BCUT2D eigenvalue weighted by Gasteiger charge is -2.32. The first kappa shape index (κ1) is 32.0. The smallest absolute Gasteiger partial charge is 0.423 e. The van der Waals surface area contributed by atoms with Crippen LogP contribution in [0.2, 0.25) is 4.34 Å². The second-order valence-electron chi connectivity index (χ2n) is 11.5. The van der Waals surface area contributed by atoms with E-state index in [1.165, 1.54) is 17.4 Å². The molecule has 1 aliphatic carbocycles. The zero-order chi connectivity index (χ0) is 31.3. The number of carbonyl (C=O) groups excluding carboxylic acids is 1. The molecule has 0 atom stereocenters. The second-order valence-corrected chi connectivity index (χ2v) is 13.3. The van der Waals surface area contributed by atoms with Gasteiger partial charge in [-0.25, -0.2) is 0 Å². The van der Waals surface area contributed by atoms with Crippen LogP contribution in [0.25, 0.3) is 0 Å². The normalized spacial score (nSPS) is 19.5. The number of carbonyl (C=O) groups is 1. The van der Waals surface area contributed by atoms with Crippen molar-refractivity contribution in [1.29, 1.82) is 0 Å². The molecule has 3 aromatic rings. The van der Waals surface area contributed by atoms with E-state index >= 15 is 0 Å². The lowest BCUT2D eigenvalue weighted by molar-refractivity contribution is -0.388. The summed E-state index contributed by atoms with van der Waals surface area (Å²) in [7, 11) is 0. The molecule has 8 nitrogen and oxygen atoms in total. The first-order valence-corrected chi connectivity index (χ1v) is 16.0. The molecule has 44 heavy (non-hydrogen) atoms. The summed E-state index contributed by atoms with van der Waals surface area (Å²) in [6.45, 7) is 1.54. The summed E-state index contributed by atoms with van der Waals surface area (Å²) in [5.41, 5.74) is -1.03. The number of anilines is 1. The van der Waals surface area contributed by atoms with Crippen LogP contribution in [-0.2, 0) is 23.8 Å². The molecule has 0 radical (unpaired) electrons. The number of ether oxygens (including phenoxy) is 1. The largest absolute Gasteiger partial charge is 0.490 e. The fourth-order valence-electron chi connectivity index (χ4n) is 5.96. The number of nitro groups is 1. The highest BCUT2D eigenvalue weighted by Gasteiger charge is 2.38. The zero-order valence-electron chi connectivity index (χ0n) is 24.0. The van der Waals surface area contributed by atoms with Gasteiger partial charge in [0.2, 0.25) is 5.91 Å². The molecule has 2 fully saturated rings. The quantitative estimate of drug-likeness (QED) is 0.177. The molecule has 13 heteroatoms. The summed E-state index contributed by atoms with van der Waals surface area (Å²) in [4.78, 5) is 30.1. The Morgan fingerprint density at radius 3 is 2.50 bits per heavy atom. The van der Waals surface area contributed by atoms with Gasteiger partial charge in [-0.05, 0) is 87.6 Å². The molecule has 0 spiro atoms. The Kier molecular flexibility index (Phi) is 10.3. The van der Waals surface area contributed by atoms with Gasteiger partial charge in [-0.15, -0.1) is 11.3 Å². The topological polar surface area (TPSA) is 97.6 Å². The van der Waals surface area contributed by atoms with E-state index in [2.05, 4.69) is 10.3 Å². The Morgan fingerprint density at radius 1 is 1.09 bits per heavy atom. The number of likely N-dealkylation sites (tertiary alicyclic amines) is 1. The van der Waals surface area contributed by atoms with Crippen LogP contribution >= 0.6 is 22.9 Å². The van der Waals surface area contributed by atoms with Gasteiger partial charge in [0.25, 0.3) is 5.69 Å². The van der Waals surface area contributed by atoms with Gasteiger partial charge < -0.3 is 15.0 Å². The number of rotatable bonds is 10. The predicted octanol–water partition coefficient (Wildman–Crippen LogP) is 7.94. The van der Waals surface area contributed by atoms with E-state index in [-0.39, 0.29) is 23.7 Å². The van der Waals surface area contributed by atoms with E-state index in [0.29, 0.717) is 29.5 Å². The summed E-state index contributed by atoms with van der Waals surface area (Å²) >= 11 is 7.43. The van der Waals surface area contributed by atoms with Crippen LogP contribution in [0.5, 0.6) is 5.75 Å².